The number of thiol groups is 1. The van der Waals surface area contributed by atoms with Crippen LogP contribution in [0.5, 0.6) is 0 Å². The van der Waals surface area contributed by atoms with E-state index >= 15 is 0 Å². The molecule has 0 amide bonds. The van der Waals surface area contributed by atoms with Gasteiger partial charge in [-0.3, -0.25) is 0 Å². The van der Waals surface area contributed by atoms with Crippen molar-refractivity contribution in [2.24, 2.45) is 0 Å². The highest BCUT2D eigenvalue weighted by atomic mass is 32.1. The van der Waals surface area contributed by atoms with Crippen LogP contribution in [0.2, 0.25) is 0 Å². The molecule has 0 spiro atoms. The molecule has 0 aromatic rings. The summed E-state index contributed by atoms with van der Waals surface area (Å²) in [6.45, 7) is 1.89. The summed E-state index contributed by atoms with van der Waals surface area (Å²) in [4.78, 5) is 1.61. The lowest BCUT2D eigenvalue weighted by Crippen LogP contribution is -2.50. The fraction of sp³-hybridized carbons (Fsp3) is 0.909. The third kappa shape index (κ3) is 6.84. The van der Waals surface area contributed by atoms with E-state index in [9.17, 15) is 20.4 Å². The zero-order valence-corrected chi connectivity index (χ0v) is 12.6. The molecule has 0 radical (unpaired) electrons. The minimum absolute atomic E-state index is 0.00128. The van der Waals surface area contributed by atoms with Crippen LogP contribution in [0, 0.1) is 0 Å². The van der Waals surface area contributed by atoms with E-state index in [0.717, 1.165) is 12.8 Å². The molecule has 0 aliphatic heterocycles. The zero-order valence-electron chi connectivity index (χ0n) is 10.9. The third-order valence-corrected chi connectivity index (χ3v) is 3.33. The predicted octanol–water partition coefficient (Wildman–Crippen LogP) is -1.26. The van der Waals surface area contributed by atoms with Crippen molar-refractivity contribution in [3.63, 3.8) is 0 Å². The molecule has 0 heterocycles. The lowest BCUT2D eigenvalue weighted by molar-refractivity contribution is -0.117. The number of hydrogen-bond donors (Lipinski definition) is 6. The quantitative estimate of drug-likeness (QED) is 0.233. The summed E-state index contributed by atoms with van der Waals surface area (Å²) in [5.41, 5.74) is 0. The Morgan fingerprint density at radius 3 is 2.11 bits per heavy atom. The fourth-order valence-corrected chi connectivity index (χ4v) is 1.86. The molecule has 8 heteroatoms. The second-order valence-electron chi connectivity index (χ2n) is 4.38. The van der Waals surface area contributed by atoms with Gasteiger partial charge in [0.1, 0.15) is 22.6 Å². The van der Waals surface area contributed by atoms with E-state index in [-0.39, 0.29) is 10.9 Å². The normalized spacial score (nSPS) is 17.6. The van der Waals surface area contributed by atoms with Crippen molar-refractivity contribution in [1.29, 1.82) is 0 Å². The number of aliphatic hydroxyl groups excluding tert-OH is 5. The largest absolute Gasteiger partial charge is 0.394 e. The first-order chi connectivity index (χ1) is 8.84. The fourth-order valence-electron chi connectivity index (χ4n) is 1.51. The van der Waals surface area contributed by atoms with Gasteiger partial charge < -0.3 is 30.4 Å². The van der Waals surface area contributed by atoms with Crippen LogP contribution in [0.15, 0.2) is 0 Å². The van der Waals surface area contributed by atoms with E-state index in [2.05, 4.69) is 12.6 Å². The molecule has 5 N–H and O–H groups in total. The Hall–Kier alpha value is 0.0400. The van der Waals surface area contributed by atoms with Gasteiger partial charge in [0.2, 0.25) is 0 Å². The number of rotatable bonds is 9. The van der Waals surface area contributed by atoms with Crippen LogP contribution in [0.4, 0.5) is 0 Å². The molecule has 0 aliphatic carbocycles. The average Bonchev–Trinajstić information content (AvgIpc) is 2.39. The second-order valence-corrected chi connectivity index (χ2v) is 5.49. The van der Waals surface area contributed by atoms with E-state index in [1.54, 1.807) is 4.90 Å². The summed E-state index contributed by atoms with van der Waals surface area (Å²) in [5.74, 6) is 0. The highest BCUT2D eigenvalue weighted by molar-refractivity contribution is 8.10. The van der Waals surface area contributed by atoms with E-state index in [1.807, 2.05) is 6.92 Å². The average molecular weight is 313 g/mol. The van der Waals surface area contributed by atoms with Crippen LogP contribution in [-0.2, 0) is 0 Å². The molecule has 0 rings (SSSR count). The topological polar surface area (TPSA) is 104 Å². The van der Waals surface area contributed by atoms with Crippen molar-refractivity contribution < 1.29 is 25.5 Å². The van der Waals surface area contributed by atoms with Gasteiger partial charge in [0.15, 0.2) is 0 Å². The lowest BCUT2D eigenvalue weighted by Gasteiger charge is -2.30. The van der Waals surface area contributed by atoms with Crippen molar-refractivity contribution in [2.45, 2.75) is 44.2 Å². The lowest BCUT2D eigenvalue weighted by atomic mass is 10.0. The first-order valence-corrected chi connectivity index (χ1v) is 7.01. The van der Waals surface area contributed by atoms with Gasteiger partial charge in [-0.1, -0.05) is 25.6 Å². The van der Waals surface area contributed by atoms with Crippen molar-refractivity contribution in [1.82, 2.24) is 4.90 Å². The molecule has 0 fully saturated rings. The van der Waals surface area contributed by atoms with Crippen LogP contribution in [-0.4, -0.2) is 78.9 Å². The van der Waals surface area contributed by atoms with E-state index in [0.29, 0.717) is 6.54 Å². The van der Waals surface area contributed by atoms with Gasteiger partial charge in [0, 0.05) is 13.1 Å². The molecule has 19 heavy (non-hydrogen) atoms. The number of thiocarbonyl (C=S) groups is 1. The Balaban J connectivity index is 4.45. The molecule has 114 valence electrons. The van der Waals surface area contributed by atoms with Crippen molar-refractivity contribution in [2.75, 3.05) is 19.7 Å². The highest BCUT2D eigenvalue weighted by Crippen LogP contribution is 2.09. The summed E-state index contributed by atoms with van der Waals surface area (Å²) < 4.78 is 0.289. The van der Waals surface area contributed by atoms with E-state index < -0.39 is 31.0 Å². The SMILES string of the molecule is CCCCN(C[C@H](O)[C@@H](O)[C@H](O)[C@H](O)CO)C(=S)S. The van der Waals surface area contributed by atoms with Crippen LogP contribution in [0.25, 0.3) is 0 Å². The maximum absolute atomic E-state index is 9.81. The number of unbranched alkanes of at least 4 members (excludes halogenated alkanes) is 1. The summed E-state index contributed by atoms with van der Waals surface area (Å²) in [6.07, 6.45) is -4.21. The van der Waals surface area contributed by atoms with Gasteiger partial charge in [-0.25, -0.2) is 0 Å². The predicted molar refractivity (Wildman–Crippen MR) is 79.2 cm³/mol. The van der Waals surface area contributed by atoms with Crippen LogP contribution in [0.1, 0.15) is 19.8 Å². The molecule has 0 unspecified atom stereocenters. The minimum atomic E-state index is -1.62. The maximum atomic E-state index is 9.81. The molecule has 4 atom stereocenters. The second kappa shape index (κ2) is 9.87. The first-order valence-electron chi connectivity index (χ1n) is 6.16. The molecule has 0 aromatic heterocycles. The third-order valence-electron chi connectivity index (χ3n) is 2.78. The van der Waals surface area contributed by atoms with Crippen LogP contribution in [0.3, 0.4) is 0 Å². The Morgan fingerprint density at radius 1 is 1.16 bits per heavy atom. The van der Waals surface area contributed by atoms with Crippen LogP contribution >= 0.6 is 24.8 Å². The Kier molecular flexibility index (Phi) is 9.89. The van der Waals surface area contributed by atoms with Gasteiger partial charge in [-0.05, 0) is 6.42 Å². The molecule has 0 saturated heterocycles. The molecular weight excluding hydrogens is 290 g/mol. The van der Waals surface area contributed by atoms with Crippen molar-refractivity contribution in [3.8, 4) is 0 Å². The van der Waals surface area contributed by atoms with Gasteiger partial charge in [-0.2, -0.15) is 0 Å². The smallest absolute Gasteiger partial charge is 0.133 e. The Bertz CT molecular complexity index is 269. The summed E-state index contributed by atoms with van der Waals surface area (Å²) in [6, 6.07) is 0. The monoisotopic (exact) mass is 313 g/mol. The Morgan fingerprint density at radius 2 is 1.68 bits per heavy atom. The highest BCUT2D eigenvalue weighted by Gasteiger charge is 2.31. The van der Waals surface area contributed by atoms with Gasteiger partial charge in [-0.15, -0.1) is 12.6 Å². The van der Waals surface area contributed by atoms with Crippen molar-refractivity contribution in [3.05, 3.63) is 0 Å². The Labute approximate surface area is 124 Å². The van der Waals surface area contributed by atoms with Gasteiger partial charge >= 0.3 is 0 Å². The van der Waals surface area contributed by atoms with Crippen molar-refractivity contribution >= 4 is 29.2 Å². The minimum Gasteiger partial charge on any atom is -0.394 e. The first kappa shape index (κ1) is 19.0. The number of nitrogens with zero attached hydrogens (tertiary/aromatic N) is 1. The molecule has 0 aromatic carbocycles. The molecule has 0 aliphatic rings. The van der Waals surface area contributed by atoms with Gasteiger partial charge in [0.05, 0.1) is 12.7 Å². The molecule has 0 saturated carbocycles. The molecule has 0 bridgehead atoms. The van der Waals surface area contributed by atoms with E-state index in [4.69, 9.17) is 17.3 Å². The standard InChI is InChI=1S/C11H23NO5S2/c1-2-3-4-12(11(18)19)5-7(14)9(16)10(17)8(15)6-13/h7-10,13-17H,2-6H2,1H3,(H,18,19)/t7-,8+,9+,10+/m0/s1. The summed E-state index contributed by atoms with van der Waals surface area (Å²) in [5, 5.41) is 46.9. The number of aliphatic hydroxyl groups is 5. The zero-order chi connectivity index (χ0) is 15.0. The number of hydrogen-bond acceptors (Lipinski definition) is 6. The molecule has 6 nitrogen and oxygen atoms in total. The van der Waals surface area contributed by atoms with Crippen LogP contribution < -0.4 is 0 Å². The van der Waals surface area contributed by atoms with E-state index in [1.165, 1.54) is 0 Å². The summed E-state index contributed by atoms with van der Waals surface area (Å²) >= 11 is 8.95. The summed E-state index contributed by atoms with van der Waals surface area (Å²) in [7, 11) is 0. The molecular formula is C11H23NO5S2. The maximum Gasteiger partial charge on any atom is 0.133 e. The van der Waals surface area contributed by atoms with Gasteiger partial charge in [0.25, 0.3) is 0 Å².